The lowest BCUT2D eigenvalue weighted by Crippen LogP contribution is -2.35. The number of aromatic nitrogens is 2. The molecule has 5 heteroatoms. The fraction of sp³-hybridized carbons (Fsp3) is 0.263. The molecule has 0 fully saturated rings. The number of nitrogens with one attached hydrogen (secondary N) is 1. The maximum Gasteiger partial charge on any atom is 0.223 e. The molecule has 0 atom stereocenters. The zero-order chi connectivity index (χ0) is 16.5. The van der Waals surface area contributed by atoms with Crippen LogP contribution in [0.2, 0.25) is 0 Å². The predicted octanol–water partition coefficient (Wildman–Crippen LogP) is 3.84. The number of halogens is 1. The molecule has 1 aliphatic heterocycles. The maximum atomic E-state index is 12.6. The van der Waals surface area contributed by atoms with Gasteiger partial charge in [-0.2, -0.15) is 0 Å². The van der Waals surface area contributed by atoms with E-state index in [0.717, 1.165) is 34.9 Å². The Hall–Kier alpha value is -2.14. The number of hydrogen-bond donors (Lipinski definition) is 1. The number of aryl methyl sites for hydroxylation is 1. The third-order valence-electron chi connectivity index (χ3n) is 4.64. The molecule has 0 spiro atoms. The predicted molar refractivity (Wildman–Crippen MR) is 97.7 cm³/mol. The van der Waals surface area contributed by atoms with Gasteiger partial charge in [0, 0.05) is 65.0 Å². The maximum absolute atomic E-state index is 12.6. The van der Waals surface area contributed by atoms with Crippen LogP contribution in [0.3, 0.4) is 0 Å². The summed E-state index contributed by atoms with van der Waals surface area (Å²) in [7, 11) is 0. The Bertz CT molecular complexity index is 888. The number of amides is 1. The van der Waals surface area contributed by atoms with Gasteiger partial charge in [-0.1, -0.05) is 22.0 Å². The van der Waals surface area contributed by atoms with Gasteiger partial charge >= 0.3 is 0 Å². The topological polar surface area (TPSA) is 49.0 Å². The molecule has 1 aromatic carbocycles. The van der Waals surface area contributed by atoms with Crippen molar-refractivity contribution in [1.82, 2.24) is 14.9 Å². The number of H-pyrrole nitrogens is 1. The fourth-order valence-electron chi connectivity index (χ4n) is 3.35. The van der Waals surface area contributed by atoms with E-state index in [1.54, 1.807) is 6.20 Å². The minimum atomic E-state index is 0.217. The SMILES string of the molecule is O=C(CCc1cccnc1)N1CCc2[nH]c3ccc(Br)cc3c2C1. The summed E-state index contributed by atoms with van der Waals surface area (Å²) in [5.41, 5.74) is 4.78. The van der Waals surface area contributed by atoms with Gasteiger partial charge < -0.3 is 9.88 Å². The Morgan fingerprint density at radius 1 is 1.33 bits per heavy atom. The van der Waals surface area contributed by atoms with E-state index in [0.29, 0.717) is 13.0 Å². The highest BCUT2D eigenvalue weighted by Gasteiger charge is 2.23. The molecule has 0 radical (unpaired) electrons. The summed E-state index contributed by atoms with van der Waals surface area (Å²) in [6, 6.07) is 10.2. The molecular weight excluding hydrogens is 366 g/mol. The number of pyridine rings is 1. The van der Waals surface area contributed by atoms with E-state index in [9.17, 15) is 4.79 Å². The number of carbonyl (C=O) groups is 1. The van der Waals surface area contributed by atoms with Gasteiger partial charge in [-0.3, -0.25) is 9.78 Å². The smallest absolute Gasteiger partial charge is 0.223 e. The number of aromatic amines is 1. The second-order valence-electron chi connectivity index (χ2n) is 6.20. The minimum absolute atomic E-state index is 0.217. The molecule has 4 rings (SSSR count). The molecule has 0 saturated heterocycles. The van der Waals surface area contributed by atoms with Gasteiger partial charge in [-0.25, -0.2) is 0 Å². The summed E-state index contributed by atoms with van der Waals surface area (Å²) in [5, 5.41) is 1.21. The van der Waals surface area contributed by atoms with Crippen molar-refractivity contribution in [2.45, 2.75) is 25.8 Å². The Labute approximate surface area is 149 Å². The third-order valence-corrected chi connectivity index (χ3v) is 5.13. The van der Waals surface area contributed by atoms with Gasteiger partial charge in [0.25, 0.3) is 0 Å². The number of carbonyl (C=O) groups excluding carboxylic acids is 1. The monoisotopic (exact) mass is 383 g/mol. The first kappa shape index (κ1) is 15.4. The van der Waals surface area contributed by atoms with Crippen molar-refractivity contribution in [3.63, 3.8) is 0 Å². The molecule has 0 aliphatic carbocycles. The molecule has 122 valence electrons. The van der Waals surface area contributed by atoms with E-state index in [2.05, 4.69) is 38.0 Å². The first-order valence-corrected chi connectivity index (χ1v) is 8.95. The van der Waals surface area contributed by atoms with E-state index in [-0.39, 0.29) is 5.91 Å². The second-order valence-corrected chi connectivity index (χ2v) is 7.11. The Balaban J connectivity index is 1.50. The average molecular weight is 384 g/mol. The molecule has 3 aromatic rings. The van der Waals surface area contributed by atoms with Crippen LogP contribution in [0, 0.1) is 0 Å². The van der Waals surface area contributed by atoms with Gasteiger partial charge in [0.15, 0.2) is 0 Å². The highest BCUT2D eigenvalue weighted by Crippen LogP contribution is 2.30. The van der Waals surface area contributed by atoms with Crippen LogP contribution in [-0.2, 0) is 24.2 Å². The van der Waals surface area contributed by atoms with Gasteiger partial charge in [0.2, 0.25) is 5.91 Å². The Morgan fingerprint density at radius 2 is 2.25 bits per heavy atom. The van der Waals surface area contributed by atoms with Gasteiger partial charge in [0.05, 0.1) is 0 Å². The van der Waals surface area contributed by atoms with Crippen molar-refractivity contribution in [3.05, 3.63) is 64.0 Å². The number of nitrogens with zero attached hydrogens (tertiary/aromatic N) is 2. The van der Waals surface area contributed by atoms with Crippen molar-refractivity contribution in [2.24, 2.45) is 0 Å². The molecule has 0 unspecified atom stereocenters. The molecule has 1 N–H and O–H groups in total. The van der Waals surface area contributed by atoms with Crippen LogP contribution in [0.5, 0.6) is 0 Å². The van der Waals surface area contributed by atoms with E-state index in [1.807, 2.05) is 29.3 Å². The van der Waals surface area contributed by atoms with Crippen LogP contribution in [0.25, 0.3) is 10.9 Å². The summed E-state index contributed by atoms with van der Waals surface area (Å²) in [6.07, 6.45) is 5.76. The van der Waals surface area contributed by atoms with Crippen molar-refractivity contribution in [2.75, 3.05) is 6.54 Å². The molecule has 0 saturated carbocycles. The zero-order valence-electron chi connectivity index (χ0n) is 13.3. The minimum Gasteiger partial charge on any atom is -0.358 e. The van der Waals surface area contributed by atoms with Crippen LogP contribution in [0.1, 0.15) is 23.2 Å². The van der Waals surface area contributed by atoms with E-state index in [4.69, 9.17) is 0 Å². The van der Waals surface area contributed by atoms with Crippen LogP contribution < -0.4 is 0 Å². The van der Waals surface area contributed by atoms with Crippen molar-refractivity contribution in [3.8, 4) is 0 Å². The van der Waals surface area contributed by atoms with Crippen LogP contribution >= 0.6 is 15.9 Å². The summed E-state index contributed by atoms with van der Waals surface area (Å²) in [4.78, 5) is 22.2. The van der Waals surface area contributed by atoms with Gasteiger partial charge in [0.1, 0.15) is 0 Å². The number of benzene rings is 1. The summed E-state index contributed by atoms with van der Waals surface area (Å²) < 4.78 is 1.07. The van der Waals surface area contributed by atoms with Crippen molar-refractivity contribution < 1.29 is 4.79 Å². The second kappa shape index (κ2) is 6.40. The van der Waals surface area contributed by atoms with Crippen LogP contribution in [0.15, 0.2) is 47.2 Å². The first-order chi connectivity index (χ1) is 11.7. The highest BCUT2D eigenvalue weighted by molar-refractivity contribution is 9.10. The largest absolute Gasteiger partial charge is 0.358 e. The molecule has 1 amide bonds. The van der Waals surface area contributed by atoms with E-state index in [1.165, 1.54) is 16.6 Å². The number of hydrogen-bond acceptors (Lipinski definition) is 2. The van der Waals surface area contributed by atoms with Crippen molar-refractivity contribution >= 4 is 32.7 Å². The Morgan fingerprint density at radius 3 is 3.08 bits per heavy atom. The van der Waals surface area contributed by atoms with Gasteiger partial charge in [-0.05, 0) is 36.2 Å². The lowest BCUT2D eigenvalue weighted by Gasteiger charge is -2.27. The normalized spacial score (nSPS) is 14.0. The molecule has 1 aliphatic rings. The first-order valence-electron chi connectivity index (χ1n) is 8.16. The summed E-state index contributed by atoms with van der Waals surface area (Å²) >= 11 is 3.54. The summed E-state index contributed by atoms with van der Waals surface area (Å²) in [5.74, 6) is 0.217. The van der Waals surface area contributed by atoms with Crippen LogP contribution in [0.4, 0.5) is 0 Å². The number of fused-ring (bicyclic) bond motifs is 3. The van der Waals surface area contributed by atoms with Crippen LogP contribution in [-0.4, -0.2) is 27.3 Å². The molecule has 2 aromatic heterocycles. The fourth-order valence-corrected chi connectivity index (χ4v) is 3.72. The quantitative estimate of drug-likeness (QED) is 0.746. The number of rotatable bonds is 3. The lowest BCUT2D eigenvalue weighted by atomic mass is 10.0. The van der Waals surface area contributed by atoms with E-state index >= 15 is 0 Å². The highest BCUT2D eigenvalue weighted by atomic mass is 79.9. The average Bonchev–Trinajstić information content (AvgIpc) is 2.97. The standard InChI is InChI=1S/C19H18BrN3O/c20-14-4-5-17-15(10-14)16-12-23(9-7-18(16)22-17)19(24)6-3-13-2-1-8-21-11-13/h1-2,4-5,8,10-11,22H,3,6-7,9,12H2. The molecule has 3 heterocycles. The molecule has 4 nitrogen and oxygen atoms in total. The van der Waals surface area contributed by atoms with Gasteiger partial charge in [-0.15, -0.1) is 0 Å². The lowest BCUT2D eigenvalue weighted by molar-refractivity contribution is -0.132. The summed E-state index contributed by atoms with van der Waals surface area (Å²) in [6.45, 7) is 1.48. The van der Waals surface area contributed by atoms with Crippen molar-refractivity contribution in [1.29, 1.82) is 0 Å². The molecule has 24 heavy (non-hydrogen) atoms. The zero-order valence-corrected chi connectivity index (χ0v) is 14.8. The molecule has 0 bridgehead atoms. The molecular formula is C19H18BrN3O. The Kier molecular flexibility index (Phi) is 4.10. The van der Waals surface area contributed by atoms with E-state index < -0.39 is 0 Å². The third kappa shape index (κ3) is 2.96.